The van der Waals surface area contributed by atoms with Gasteiger partial charge in [-0.25, -0.2) is 0 Å². The number of ether oxygens (including phenoxy) is 3. The number of oxime groups is 1. The summed E-state index contributed by atoms with van der Waals surface area (Å²) in [6.07, 6.45) is 9.21. The molecule has 5 heteroatoms. The lowest BCUT2D eigenvalue weighted by molar-refractivity contribution is 0.0798. The molecule has 0 N–H and O–H groups in total. The van der Waals surface area contributed by atoms with Crippen molar-refractivity contribution in [3.8, 4) is 17.2 Å². The van der Waals surface area contributed by atoms with Gasteiger partial charge >= 0.3 is 0 Å². The van der Waals surface area contributed by atoms with Crippen molar-refractivity contribution in [2.75, 3.05) is 13.7 Å². The molecular formula is C28H37NO4. The Labute approximate surface area is 198 Å². The summed E-state index contributed by atoms with van der Waals surface area (Å²) in [5.74, 6) is 2.77. The first-order valence-electron chi connectivity index (χ1n) is 11.9. The number of nitrogens with zero attached hydrogens (tertiary/aromatic N) is 1. The highest BCUT2D eigenvalue weighted by atomic mass is 16.6. The number of hydrogen-bond acceptors (Lipinski definition) is 5. The van der Waals surface area contributed by atoms with Gasteiger partial charge in [0.2, 0.25) is 0 Å². The minimum absolute atomic E-state index is 0.219. The number of aryl methyl sites for hydroxylation is 2. The molecule has 1 aliphatic carbocycles. The minimum Gasteiger partial charge on any atom is -0.490 e. The number of hydrogen-bond donors (Lipinski definition) is 0. The van der Waals surface area contributed by atoms with Crippen molar-refractivity contribution in [3.05, 3.63) is 65.2 Å². The fraction of sp³-hybridized carbons (Fsp3) is 0.464. The molecule has 0 saturated heterocycles. The van der Waals surface area contributed by atoms with Gasteiger partial charge in [0.15, 0.2) is 0 Å². The number of allylic oxidation sites excluding steroid dienone is 1. The Kier molecular flexibility index (Phi) is 9.23. The van der Waals surface area contributed by atoms with Crippen LogP contribution in [0.2, 0.25) is 0 Å². The lowest BCUT2D eigenvalue weighted by Gasteiger charge is -2.30. The Hall–Kier alpha value is -2.95. The van der Waals surface area contributed by atoms with Gasteiger partial charge in [-0.1, -0.05) is 24.2 Å². The first-order chi connectivity index (χ1) is 16.0. The molecule has 0 aromatic heterocycles. The molecule has 0 amide bonds. The Bertz CT molecular complexity index is 918. The molecule has 0 aliphatic heterocycles. The van der Waals surface area contributed by atoms with E-state index in [4.69, 9.17) is 19.0 Å². The summed E-state index contributed by atoms with van der Waals surface area (Å²) in [6, 6.07) is 12.2. The van der Waals surface area contributed by atoms with Crippen molar-refractivity contribution >= 4 is 5.71 Å². The van der Waals surface area contributed by atoms with E-state index in [-0.39, 0.29) is 12.2 Å². The van der Waals surface area contributed by atoms with E-state index in [1.54, 1.807) is 7.11 Å². The molecule has 1 saturated carbocycles. The molecule has 33 heavy (non-hydrogen) atoms. The molecular weight excluding hydrogens is 414 g/mol. The van der Waals surface area contributed by atoms with Crippen LogP contribution in [0.15, 0.2) is 53.7 Å². The van der Waals surface area contributed by atoms with E-state index in [1.807, 2.05) is 43.3 Å². The average Bonchev–Trinajstić information content (AvgIpc) is 2.82. The molecule has 0 heterocycles. The quantitative estimate of drug-likeness (QED) is 0.227. The van der Waals surface area contributed by atoms with Crippen LogP contribution >= 0.6 is 0 Å². The van der Waals surface area contributed by atoms with E-state index in [9.17, 15) is 0 Å². The van der Waals surface area contributed by atoms with Crippen LogP contribution in [0.3, 0.4) is 0 Å². The standard InChI is InChI=1S/C28H37NO4/c1-6-8-17-31-26-18-20(3)28(21(4)19-26)33-25-15-13-24(14-16-25)32-23-11-9-22(10-12-23)27(7-2)29-30-5/h6,8-12,18-19,24-25H,7,13-17H2,1-5H3/b8-6+,29-27-. The van der Waals surface area contributed by atoms with E-state index in [2.05, 4.69) is 38.1 Å². The Morgan fingerprint density at radius 1 is 0.939 bits per heavy atom. The van der Waals surface area contributed by atoms with Crippen LogP contribution in [0.1, 0.15) is 62.6 Å². The molecule has 1 aliphatic rings. The van der Waals surface area contributed by atoms with Gasteiger partial charge < -0.3 is 19.0 Å². The van der Waals surface area contributed by atoms with E-state index in [0.717, 1.165) is 71.8 Å². The second-order valence-corrected chi connectivity index (χ2v) is 8.50. The summed E-state index contributed by atoms with van der Waals surface area (Å²) in [5.41, 5.74) is 4.23. The topological polar surface area (TPSA) is 49.3 Å². The predicted molar refractivity (Wildman–Crippen MR) is 134 cm³/mol. The molecule has 0 bridgehead atoms. The summed E-state index contributed by atoms with van der Waals surface area (Å²) < 4.78 is 18.5. The summed E-state index contributed by atoms with van der Waals surface area (Å²) in [4.78, 5) is 4.93. The van der Waals surface area contributed by atoms with Gasteiger partial charge in [0.1, 0.15) is 31.0 Å². The number of benzene rings is 2. The van der Waals surface area contributed by atoms with E-state index in [0.29, 0.717) is 6.61 Å². The highest BCUT2D eigenvalue weighted by molar-refractivity contribution is 6.00. The SMILES string of the molecule is C/C=C/COc1cc(C)c(OC2CCC(Oc3ccc(/C(CC)=N\OC)cc3)CC2)c(C)c1. The zero-order valence-corrected chi connectivity index (χ0v) is 20.6. The fourth-order valence-corrected chi connectivity index (χ4v) is 4.20. The second-order valence-electron chi connectivity index (χ2n) is 8.50. The molecule has 2 aromatic rings. The Morgan fingerprint density at radius 2 is 1.55 bits per heavy atom. The third-order valence-corrected chi connectivity index (χ3v) is 5.95. The average molecular weight is 452 g/mol. The predicted octanol–water partition coefficient (Wildman–Crippen LogP) is 6.79. The summed E-state index contributed by atoms with van der Waals surface area (Å²) >= 11 is 0. The molecule has 2 aromatic carbocycles. The van der Waals surface area contributed by atoms with Crippen LogP contribution in [0, 0.1) is 13.8 Å². The van der Waals surface area contributed by atoms with Crippen molar-refractivity contribution in [2.45, 2.75) is 72.0 Å². The number of rotatable bonds is 10. The summed E-state index contributed by atoms with van der Waals surface area (Å²) in [5, 5.41) is 4.09. The fourth-order valence-electron chi connectivity index (χ4n) is 4.20. The zero-order chi connectivity index (χ0) is 23.6. The third-order valence-electron chi connectivity index (χ3n) is 5.95. The molecule has 0 unspecified atom stereocenters. The third kappa shape index (κ3) is 7.01. The van der Waals surface area contributed by atoms with Crippen LogP contribution in [0.4, 0.5) is 0 Å². The lowest BCUT2D eigenvalue weighted by Crippen LogP contribution is -2.30. The normalized spacial score (nSPS) is 18.9. The van der Waals surface area contributed by atoms with E-state index < -0.39 is 0 Å². The highest BCUT2D eigenvalue weighted by Gasteiger charge is 2.25. The lowest BCUT2D eigenvalue weighted by atomic mass is 9.94. The van der Waals surface area contributed by atoms with Crippen LogP contribution in [0.25, 0.3) is 0 Å². The maximum atomic E-state index is 6.42. The monoisotopic (exact) mass is 451 g/mol. The first-order valence-corrected chi connectivity index (χ1v) is 11.9. The van der Waals surface area contributed by atoms with Gasteiger partial charge in [-0.15, -0.1) is 0 Å². The zero-order valence-electron chi connectivity index (χ0n) is 20.6. The molecule has 5 nitrogen and oxygen atoms in total. The molecule has 0 atom stereocenters. The van der Waals surface area contributed by atoms with Crippen molar-refractivity contribution in [2.24, 2.45) is 5.16 Å². The van der Waals surface area contributed by atoms with E-state index >= 15 is 0 Å². The van der Waals surface area contributed by atoms with Gasteiger partial charge in [0.05, 0.1) is 17.9 Å². The first kappa shape index (κ1) is 24.7. The van der Waals surface area contributed by atoms with Crippen molar-refractivity contribution < 1.29 is 19.0 Å². The second kappa shape index (κ2) is 12.3. The van der Waals surface area contributed by atoms with Gasteiger partial charge in [-0.3, -0.25) is 0 Å². The molecule has 0 radical (unpaired) electrons. The van der Waals surface area contributed by atoms with E-state index in [1.165, 1.54) is 0 Å². The summed E-state index contributed by atoms with van der Waals surface area (Å²) in [6.45, 7) is 8.82. The van der Waals surface area contributed by atoms with Gasteiger partial charge in [0, 0.05) is 0 Å². The maximum absolute atomic E-state index is 6.42. The van der Waals surface area contributed by atoms with Crippen molar-refractivity contribution in [1.82, 2.24) is 0 Å². The molecule has 1 fully saturated rings. The largest absolute Gasteiger partial charge is 0.490 e. The van der Waals surface area contributed by atoms with Crippen LogP contribution in [0.5, 0.6) is 17.2 Å². The Balaban J connectivity index is 1.51. The molecule has 3 rings (SSSR count). The molecule has 0 spiro atoms. The van der Waals surface area contributed by atoms with Crippen LogP contribution < -0.4 is 14.2 Å². The van der Waals surface area contributed by atoms with Crippen molar-refractivity contribution in [3.63, 3.8) is 0 Å². The van der Waals surface area contributed by atoms with Gasteiger partial charge in [-0.05, 0) is 106 Å². The smallest absolute Gasteiger partial charge is 0.125 e. The highest BCUT2D eigenvalue weighted by Crippen LogP contribution is 2.33. The van der Waals surface area contributed by atoms with Crippen LogP contribution in [-0.2, 0) is 4.84 Å². The Morgan fingerprint density at radius 3 is 2.09 bits per heavy atom. The van der Waals surface area contributed by atoms with Gasteiger partial charge in [-0.2, -0.15) is 0 Å². The van der Waals surface area contributed by atoms with Gasteiger partial charge in [0.25, 0.3) is 0 Å². The van der Waals surface area contributed by atoms with Crippen LogP contribution in [-0.4, -0.2) is 31.6 Å². The summed E-state index contributed by atoms with van der Waals surface area (Å²) in [7, 11) is 1.58. The van der Waals surface area contributed by atoms with Crippen molar-refractivity contribution in [1.29, 1.82) is 0 Å². The minimum atomic E-state index is 0.219. The molecule has 178 valence electrons. The maximum Gasteiger partial charge on any atom is 0.125 e.